The van der Waals surface area contributed by atoms with E-state index in [9.17, 15) is 8.78 Å². The van der Waals surface area contributed by atoms with E-state index in [1.807, 2.05) is 24.3 Å². The van der Waals surface area contributed by atoms with Crippen molar-refractivity contribution in [3.63, 3.8) is 0 Å². The van der Waals surface area contributed by atoms with E-state index in [4.69, 9.17) is 0 Å². The zero-order valence-corrected chi connectivity index (χ0v) is 14.5. The van der Waals surface area contributed by atoms with Gasteiger partial charge in [0, 0.05) is 25.3 Å². The van der Waals surface area contributed by atoms with Gasteiger partial charge in [-0.1, -0.05) is 17.3 Å². The van der Waals surface area contributed by atoms with Crippen molar-refractivity contribution >= 4 is 0 Å². The summed E-state index contributed by atoms with van der Waals surface area (Å²) >= 11 is 0. The molecule has 0 unspecified atom stereocenters. The standard InChI is InChI=1S/C18H18F2N6O/c19-18(20)27-16-5-4-12-6-7-26(10-13(12)8-16)11-15-3-1-2-14(21-15)9-17-22-24-25-23-17/h1-5,8,18H,6-7,9-11H2,(H,22,23,24,25). The van der Waals surface area contributed by atoms with Gasteiger partial charge in [0.05, 0.1) is 12.1 Å². The lowest BCUT2D eigenvalue weighted by Gasteiger charge is -2.28. The summed E-state index contributed by atoms with van der Waals surface area (Å²) in [4.78, 5) is 6.91. The third kappa shape index (κ3) is 4.43. The summed E-state index contributed by atoms with van der Waals surface area (Å²) in [5.74, 6) is 0.795. The highest BCUT2D eigenvalue weighted by atomic mass is 19.3. The molecule has 7 nitrogen and oxygen atoms in total. The van der Waals surface area contributed by atoms with Crippen molar-refractivity contribution in [2.24, 2.45) is 0 Å². The number of H-pyrrole nitrogens is 1. The van der Waals surface area contributed by atoms with Gasteiger partial charge in [0.1, 0.15) is 5.75 Å². The topological polar surface area (TPSA) is 79.8 Å². The van der Waals surface area contributed by atoms with Crippen molar-refractivity contribution in [1.29, 1.82) is 0 Å². The molecule has 0 saturated heterocycles. The van der Waals surface area contributed by atoms with Crippen molar-refractivity contribution in [2.75, 3.05) is 6.54 Å². The van der Waals surface area contributed by atoms with Gasteiger partial charge < -0.3 is 4.74 Å². The van der Waals surface area contributed by atoms with Crippen LogP contribution in [0.2, 0.25) is 0 Å². The first-order chi connectivity index (χ1) is 13.2. The molecular formula is C18H18F2N6O. The monoisotopic (exact) mass is 372 g/mol. The van der Waals surface area contributed by atoms with E-state index >= 15 is 0 Å². The molecule has 9 heteroatoms. The number of fused-ring (bicyclic) bond motifs is 1. The van der Waals surface area contributed by atoms with Crippen LogP contribution in [0, 0.1) is 0 Å². The van der Waals surface area contributed by atoms with Crippen LogP contribution < -0.4 is 4.74 Å². The molecule has 0 atom stereocenters. The van der Waals surface area contributed by atoms with Crippen LogP contribution in [0.1, 0.15) is 28.3 Å². The molecule has 4 rings (SSSR count). The van der Waals surface area contributed by atoms with Crippen molar-refractivity contribution in [2.45, 2.75) is 32.5 Å². The zero-order valence-electron chi connectivity index (χ0n) is 14.5. The van der Waals surface area contributed by atoms with E-state index in [1.54, 1.807) is 12.1 Å². The van der Waals surface area contributed by atoms with Crippen LogP contribution in [-0.2, 0) is 25.9 Å². The molecule has 0 aliphatic carbocycles. The number of nitrogens with zero attached hydrogens (tertiary/aromatic N) is 5. The average Bonchev–Trinajstić information content (AvgIpc) is 3.14. The maximum atomic E-state index is 12.4. The van der Waals surface area contributed by atoms with Crippen LogP contribution >= 0.6 is 0 Å². The highest BCUT2D eigenvalue weighted by Gasteiger charge is 2.18. The van der Waals surface area contributed by atoms with E-state index in [1.165, 1.54) is 5.56 Å². The molecule has 1 aromatic carbocycles. The van der Waals surface area contributed by atoms with Gasteiger partial charge in [-0.15, -0.1) is 10.2 Å². The van der Waals surface area contributed by atoms with E-state index in [-0.39, 0.29) is 5.75 Å². The number of benzene rings is 1. The second-order valence-corrected chi connectivity index (χ2v) is 6.39. The molecular weight excluding hydrogens is 354 g/mol. The Morgan fingerprint density at radius 1 is 1.15 bits per heavy atom. The second-order valence-electron chi connectivity index (χ2n) is 6.39. The van der Waals surface area contributed by atoms with Crippen LogP contribution in [-0.4, -0.2) is 43.7 Å². The first kappa shape index (κ1) is 17.5. The van der Waals surface area contributed by atoms with Crippen molar-refractivity contribution in [3.8, 4) is 5.75 Å². The van der Waals surface area contributed by atoms with E-state index in [2.05, 4.69) is 35.2 Å². The lowest BCUT2D eigenvalue weighted by atomic mass is 9.99. The number of hydrogen-bond donors (Lipinski definition) is 1. The van der Waals surface area contributed by atoms with Crippen LogP contribution in [0.15, 0.2) is 36.4 Å². The van der Waals surface area contributed by atoms with Crippen molar-refractivity contribution in [3.05, 3.63) is 64.7 Å². The minimum Gasteiger partial charge on any atom is -0.435 e. The quantitative estimate of drug-likeness (QED) is 0.716. The molecule has 0 radical (unpaired) electrons. The van der Waals surface area contributed by atoms with E-state index in [0.29, 0.717) is 25.3 Å². The lowest BCUT2D eigenvalue weighted by Crippen LogP contribution is -2.30. The molecule has 1 aliphatic rings. The smallest absolute Gasteiger partial charge is 0.387 e. The molecule has 0 saturated carbocycles. The van der Waals surface area contributed by atoms with Gasteiger partial charge in [0.2, 0.25) is 0 Å². The van der Waals surface area contributed by atoms with Gasteiger partial charge in [-0.05, 0) is 41.8 Å². The minimum absolute atomic E-state index is 0.200. The number of hydrogen-bond acceptors (Lipinski definition) is 6. The minimum atomic E-state index is -2.81. The summed E-state index contributed by atoms with van der Waals surface area (Å²) in [6.45, 7) is -0.570. The summed E-state index contributed by atoms with van der Waals surface area (Å²) in [5, 5.41) is 13.9. The van der Waals surface area contributed by atoms with Gasteiger partial charge in [-0.3, -0.25) is 9.88 Å². The first-order valence-electron chi connectivity index (χ1n) is 8.62. The Morgan fingerprint density at radius 3 is 2.85 bits per heavy atom. The van der Waals surface area contributed by atoms with Gasteiger partial charge in [-0.25, -0.2) is 0 Å². The summed E-state index contributed by atoms with van der Waals surface area (Å²) in [5.41, 5.74) is 4.01. The normalized spacial score (nSPS) is 14.3. The van der Waals surface area contributed by atoms with Gasteiger partial charge >= 0.3 is 6.61 Å². The fourth-order valence-corrected chi connectivity index (χ4v) is 3.27. The zero-order chi connectivity index (χ0) is 18.6. The number of ether oxygens (including phenoxy) is 1. The summed E-state index contributed by atoms with van der Waals surface area (Å²) in [6, 6.07) is 11.0. The van der Waals surface area contributed by atoms with E-state index < -0.39 is 6.61 Å². The molecule has 1 aliphatic heterocycles. The van der Waals surface area contributed by atoms with Crippen LogP contribution in [0.3, 0.4) is 0 Å². The largest absolute Gasteiger partial charge is 0.435 e. The maximum absolute atomic E-state index is 12.4. The highest BCUT2D eigenvalue weighted by molar-refractivity contribution is 5.37. The fourth-order valence-electron chi connectivity index (χ4n) is 3.27. The molecule has 27 heavy (non-hydrogen) atoms. The third-order valence-corrected chi connectivity index (χ3v) is 4.47. The molecule has 2 aromatic heterocycles. The van der Waals surface area contributed by atoms with Gasteiger partial charge in [0.15, 0.2) is 5.82 Å². The molecule has 3 heterocycles. The Kier molecular flexibility index (Phi) is 5.01. The molecule has 0 bridgehead atoms. The number of halogens is 2. The van der Waals surface area contributed by atoms with Gasteiger partial charge in [-0.2, -0.15) is 14.0 Å². The summed E-state index contributed by atoms with van der Waals surface area (Å²) < 4.78 is 29.4. The SMILES string of the molecule is FC(F)Oc1ccc2c(c1)CN(Cc1cccc(Cc3nn[nH]n3)n1)CC2. The number of aromatic nitrogens is 5. The molecule has 3 aromatic rings. The number of nitrogens with one attached hydrogen (secondary N) is 1. The van der Waals surface area contributed by atoms with Crippen LogP contribution in [0.25, 0.3) is 0 Å². The Hall–Kier alpha value is -2.94. The highest BCUT2D eigenvalue weighted by Crippen LogP contribution is 2.25. The van der Waals surface area contributed by atoms with Crippen LogP contribution in [0.4, 0.5) is 8.78 Å². The second kappa shape index (κ2) is 7.75. The molecule has 0 amide bonds. The lowest BCUT2D eigenvalue weighted by molar-refractivity contribution is -0.0499. The molecule has 0 fully saturated rings. The predicted molar refractivity (Wildman–Crippen MR) is 92.1 cm³/mol. The molecule has 140 valence electrons. The summed E-state index contributed by atoms with van der Waals surface area (Å²) in [6.07, 6.45) is 1.38. The molecule has 0 spiro atoms. The van der Waals surface area contributed by atoms with Crippen LogP contribution in [0.5, 0.6) is 5.75 Å². The Balaban J connectivity index is 1.43. The Bertz CT molecular complexity index is 903. The average molecular weight is 372 g/mol. The number of alkyl halides is 2. The number of pyridine rings is 1. The fraction of sp³-hybridized carbons (Fsp3) is 0.333. The van der Waals surface area contributed by atoms with Crippen molar-refractivity contribution < 1.29 is 13.5 Å². The molecule has 1 N–H and O–H groups in total. The van der Waals surface area contributed by atoms with Gasteiger partial charge in [0.25, 0.3) is 0 Å². The predicted octanol–water partition coefficient (Wildman–Crippen LogP) is 2.35. The third-order valence-electron chi connectivity index (χ3n) is 4.47. The van der Waals surface area contributed by atoms with Crippen molar-refractivity contribution in [1.82, 2.24) is 30.5 Å². The number of aromatic amines is 1. The summed E-state index contributed by atoms with van der Waals surface area (Å²) in [7, 11) is 0. The van der Waals surface area contributed by atoms with E-state index in [0.717, 1.165) is 29.9 Å². The maximum Gasteiger partial charge on any atom is 0.387 e. The Labute approximate surface area is 154 Å². The first-order valence-corrected chi connectivity index (χ1v) is 8.62. The number of rotatable bonds is 6. The Morgan fingerprint density at radius 2 is 2.04 bits per heavy atom. The number of tetrazole rings is 1.